The van der Waals surface area contributed by atoms with Crippen LogP contribution in [0.3, 0.4) is 0 Å². The van der Waals surface area contributed by atoms with E-state index in [0.29, 0.717) is 5.69 Å². The number of rotatable bonds is 5. The first-order valence-corrected chi connectivity index (χ1v) is 5.20. The summed E-state index contributed by atoms with van der Waals surface area (Å²) in [6.45, 7) is 2.75. The minimum atomic E-state index is -1.29. The van der Waals surface area contributed by atoms with Gasteiger partial charge in [-0.3, -0.25) is 10.1 Å². The third-order valence-corrected chi connectivity index (χ3v) is 2.41. The molecule has 1 rings (SSSR count). The van der Waals surface area contributed by atoms with Gasteiger partial charge in [0, 0.05) is 25.3 Å². The summed E-state index contributed by atoms with van der Waals surface area (Å²) in [6, 6.07) is 4.13. The summed E-state index contributed by atoms with van der Waals surface area (Å²) in [4.78, 5) is 22.8. The molecular formula is C11H14N2O4. The number of hydrogen-bond acceptors (Lipinski definition) is 4. The zero-order valence-electron chi connectivity index (χ0n) is 9.71. The van der Waals surface area contributed by atoms with Gasteiger partial charge in [-0.1, -0.05) is 6.92 Å². The van der Waals surface area contributed by atoms with Gasteiger partial charge in [0.05, 0.1) is 4.92 Å². The highest BCUT2D eigenvalue weighted by atomic mass is 16.6. The molecule has 0 spiro atoms. The van der Waals surface area contributed by atoms with Crippen molar-refractivity contribution in [2.75, 3.05) is 18.5 Å². The van der Waals surface area contributed by atoms with Crippen LogP contribution in [-0.2, 0) is 0 Å². The number of nitro benzene ring substituents is 1. The van der Waals surface area contributed by atoms with Crippen molar-refractivity contribution in [3.8, 4) is 0 Å². The molecule has 0 unspecified atom stereocenters. The van der Waals surface area contributed by atoms with Gasteiger partial charge in [0.25, 0.3) is 5.69 Å². The van der Waals surface area contributed by atoms with Gasteiger partial charge in [0.2, 0.25) is 0 Å². The predicted octanol–water partition coefficient (Wildman–Crippen LogP) is 2.14. The van der Waals surface area contributed by atoms with Crippen LogP contribution in [0.15, 0.2) is 18.2 Å². The third kappa shape index (κ3) is 2.93. The van der Waals surface area contributed by atoms with Gasteiger partial charge < -0.3 is 10.0 Å². The van der Waals surface area contributed by atoms with Crippen LogP contribution >= 0.6 is 0 Å². The minimum Gasteiger partial charge on any atom is -0.477 e. The number of carbonyl (C=O) groups is 1. The Morgan fingerprint density at radius 3 is 2.65 bits per heavy atom. The summed E-state index contributed by atoms with van der Waals surface area (Å²) < 4.78 is 0. The van der Waals surface area contributed by atoms with Gasteiger partial charge in [-0.2, -0.15) is 0 Å². The van der Waals surface area contributed by atoms with Crippen molar-refractivity contribution in [1.29, 1.82) is 0 Å². The lowest BCUT2D eigenvalue weighted by molar-refractivity contribution is -0.385. The molecule has 1 N–H and O–H groups in total. The summed E-state index contributed by atoms with van der Waals surface area (Å²) in [5.41, 5.74) is -0.0230. The van der Waals surface area contributed by atoms with Gasteiger partial charge in [0.1, 0.15) is 5.56 Å². The molecule has 0 radical (unpaired) electrons. The number of nitrogens with zero attached hydrogens (tertiary/aromatic N) is 2. The summed E-state index contributed by atoms with van der Waals surface area (Å²) >= 11 is 0. The Morgan fingerprint density at radius 1 is 1.53 bits per heavy atom. The minimum absolute atomic E-state index is 0.288. The maximum atomic E-state index is 10.8. The van der Waals surface area contributed by atoms with E-state index in [4.69, 9.17) is 5.11 Å². The Balaban J connectivity index is 3.18. The maximum absolute atomic E-state index is 10.8. The zero-order chi connectivity index (χ0) is 13.0. The molecule has 0 aliphatic carbocycles. The van der Waals surface area contributed by atoms with Crippen LogP contribution in [0, 0.1) is 10.1 Å². The highest BCUT2D eigenvalue weighted by molar-refractivity contribution is 5.93. The molecule has 0 atom stereocenters. The molecule has 0 saturated heterocycles. The molecule has 0 saturated carbocycles. The molecule has 0 bridgehead atoms. The molecule has 0 heterocycles. The largest absolute Gasteiger partial charge is 0.477 e. The molecule has 0 fully saturated rings. The van der Waals surface area contributed by atoms with Crippen LogP contribution in [0.25, 0.3) is 0 Å². The van der Waals surface area contributed by atoms with Crippen LogP contribution in [-0.4, -0.2) is 29.6 Å². The summed E-state index contributed by atoms with van der Waals surface area (Å²) in [5, 5.41) is 19.6. The number of carboxylic acid groups (broad SMARTS) is 1. The molecule has 0 aromatic heterocycles. The normalized spacial score (nSPS) is 10.0. The Hall–Kier alpha value is -2.11. The summed E-state index contributed by atoms with van der Waals surface area (Å²) in [7, 11) is 1.81. The molecular weight excluding hydrogens is 224 g/mol. The fraction of sp³-hybridized carbons (Fsp3) is 0.364. The van der Waals surface area contributed by atoms with Crippen molar-refractivity contribution in [3.63, 3.8) is 0 Å². The lowest BCUT2D eigenvalue weighted by Gasteiger charge is -2.18. The monoisotopic (exact) mass is 238 g/mol. The van der Waals surface area contributed by atoms with Gasteiger partial charge >= 0.3 is 5.97 Å². The first-order chi connectivity index (χ1) is 7.97. The lowest BCUT2D eigenvalue weighted by Crippen LogP contribution is -2.18. The second-order valence-electron chi connectivity index (χ2n) is 3.69. The average Bonchev–Trinajstić information content (AvgIpc) is 2.28. The molecule has 0 aliphatic rings. The number of nitro groups is 1. The number of anilines is 1. The third-order valence-electron chi connectivity index (χ3n) is 2.41. The Kier molecular flexibility index (Phi) is 4.03. The van der Waals surface area contributed by atoms with Gasteiger partial charge in [0.15, 0.2) is 0 Å². The van der Waals surface area contributed by atoms with E-state index in [0.717, 1.165) is 13.0 Å². The van der Waals surface area contributed by atoms with Crippen LogP contribution in [0.5, 0.6) is 0 Å². The van der Waals surface area contributed by atoms with Gasteiger partial charge in [-0.15, -0.1) is 0 Å². The molecule has 6 nitrogen and oxygen atoms in total. The van der Waals surface area contributed by atoms with Crippen molar-refractivity contribution in [2.24, 2.45) is 0 Å². The molecule has 17 heavy (non-hydrogen) atoms. The highest BCUT2D eigenvalue weighted by Crippen LogP contribution is 2.25. The molecule has 1 aromatic rings. The zero-order valence-corrected chi connectivity index (χ0v) is 9.71. The molecule has 92 valence electrons. The molecule has 0 amide bonds. The van der Waals surface area contributed by atoms with E-state index in [1.54, 1.807) is 6.07 Å². The first-order valence-electron chi connectivity index (χ1n) is 5.20. The van der Waals surface area contributed by atoms with Gasteiger partial charge in [-0.25, -0.2) is 4.79 Å². The number of benzene rings is 1. The average molecular weight is 238 g/mol. The van der Waals surface area contributed by atoms with Crippen molar-refractivity contribution < 1.29 is 14.8 Å². The number of carboxylic acids is 1. The standard InChI is InChI=1S/C11H14N2O4/c1-3-6-12(2)8-4-5-9(11(14)15)10(7-8)13(16)17/h4-5,7H,3,6H2,1-2H3,(H,14,15). The topological polar surface area (TPSA) is 83.7 Å². The van der Waals surface area contributed by atoms with Crippen LogP contribution in [0.2, 0.25) is 0 Å². The maximum Gasteiger partial charge on any atom is 0.342 e. The van der Waals surface area contributed by atoms with Crippen LogP contribution in [0.4, 0.5) is 11.4 Å². The second kappa shape index (κ2) is 5.29. The van der Waals surface area contributed by atoms with E-state index in [1.165, 1.54) is 12.1 Å². The Labute approximate surface area is 98.6 Å². The quantitative estimate of drug-likeness (QED) is 0.627. The van der Waals surface area contributed by atoms with E-state index in [-0.39, 0.29) is 11.3 Å². The Morgan fingerprint density at radius 2 is 2.18 bits per heavy atom. The number of hydrogen-bond donors (Lipinski definition) is 1. The number of aromatic carboxylic acids is 1. The highest BCUT2D eigenvalue weighted by Gasteiger charge is 2.20. The fourth-order valence-corrected chi connectivity index (χ4v) is 1.55. The van der Waals surface area contributed by atoms with E-state index in [9.17, 15) is 14.9 Å². The van der Waals surface area contributed by atoms with Crippen molar-refractivity contribution >= 4 is 17.3 Å². The first kappa shape index (κ1) is 13.0. The molecule has 1 aromatic carbocycles. The van der Waals surface area contributed by atoms with E-state index in [1.807, 2.05) is 18.9 Å². The van der Waals surface area contributed by atoms with Crippen molar-refractivity contribution in [1.82, 2.24) is 0 Å². The SMILES string of the molecule is CCCN(C)c1ccc(C(=O)O)c([N+](=O)[O-])c1. The summed E-state index contributed by atoms with van der Waals surface area (Å²) in [6.07, 6.45) is 0.908. The van der Waals surface area contributed by atoms with Crippen LogP contribution in [0.1, 0.15) is 23.7 Å². The van der Waals surface area contributed by atoms with E-state index >= 15 is 0 Å². The summed E-state index contributed by atoms with van der Waals surface area (Å²) in [5.74, 6) is -1.29. The van der Waals surface area contributed by atoms with E-state index in [2.05, 4.69) is 0 Å². The van der Waals surface area contributed by atoms with Crippen molar-refractivity contribution in [2.45, 2.75) is 13.3 Å². The lowest BCUT2D eigenvalue weighted by atomic mass is 10.1. The van der Waals surface area contributed by atoms with Gasteiger partial charge in [-0.05, 0) is 18.6 Å². The second-order valence-corrected chi connectivity index (χ2v) is 3.69. The predicted molar refractivity (Wildman–Crippen MR) is 63.6 cm³/mol. The van der Waals surface area contributed by atoms with E-state index < -0.39 is 10.9 Å². The molecule has 0 aliphatic heterocycles. The van der Waals surface area contributed by atoms with Crippen molar-refractivity contribution in [3.05, 3.63) is 33.9 Å². The molecule has 6 heteroatoms. The fourth-order valence-electron chi connectivity index (χ4n) is 1.55. The van der Waals surface area contributed by atoms with Crippen LogP contribution < -0.4 is 4.90 Å². The smallest absolute Gasteiger partial charge is 0.342 e. The Bertz CT molecular complexity index is 445.